The Hall–Kier alpha value is -5.04. The summed E-state index contributed by atoms with van der Waals surface area (Å²) < 4.78 is 11.9. The lowest BCUT2D eigenvalue weighted by molar-refractivity contribution is -0.384. The zero-order valence-corrected chi connectivity index (χ0v) is 24.3. The molecule has 0 spiro atoms. The Morgan fingerprint density at radius 3 is 2.43 bits per heavy atom. The molecule has 13 heteroatoms. The van der Waals surface area contributed by atoms with E-state index in [4.69, 9.17) is 9.47 Å². The second-order valence-corrected chi connectivity index (χ2v) is 10.0. The standard InChI is InChI=1S/C29H25BrN4O8/c1-4-41-24-14-18(13-22(30)26(24)42-15-25(35)31-23-10-5-16(2)11-17(23)3)12-21-27(36)32-29(38)33(28(21)37)19-6-8-20(9-7-19)34(39)40/h5-14H,4,15H2,1-3H3,(H,31,35)(H,32,36,38)/b21-12-. The number of non-ortho nitro benzene ring substituents is 1. The van der Waals surface area contributed by atoms with Gasteiger partial charge in [-0.25, -0.2) is 9.69 Å². The molecule has 216 valence electrons. The largest absolute Gasteiger partial charge is 0.490 e. The van der Waals surface area contributed by atoms with Gasteiger partial charge in [0.2, 0.25) is 0 Å². The molecule has 1 saturated heterocycles. The fourth-order valence-electron chi connectivity index (χ4n) is 4.13. The number of anilines is 2. The van der Waals surface area contributed by atoms with E-state index in [1.54, 1.807) is 13.0 Å². The molecule has 0 radical (unpaired) electrons. The van der Waals surface area contributed by atoms with Crippen molar-refractivity contribution in [2.75, 3.05) is 23.4 Å². The molecule has 12 nitrogen and oxygen atoms in total. The van der Waals surface area contributed by atoms with Crippen molar-refractivity contribution in [1.82, 2.24) is 5.32 Å². The van der Waals surface area contributed by atoms with Gasteiger partial charge in [-0.3, -0.25) is 29.8 Å². The second kappa shape index (κ2) is 12.6. The summed E-state index contributed by atoms with van der Waals surface area (Å²) >= 11 is 3.41. The molecule has 1 heterocycles. The Labute approximate surface area is 248 Å². The van der Waals surface area contributed by atoms with Crippen molar-refractivity contribution >= 4 is 62.8 Å². The van der Waals surface area contributed by atoms with Gasteiger partial charge in [0.25, 0.3) is 23.4 Å². The van der Waals surface area contributed by atoms with Crippen LogP contribution in [-0.2, 0) is 14.4 Å². The summed E-state index contributed by atoms with van der Waals surface area (Å²) in [7, 11) is 0. The van der Waals surface area contributed by atoms with Crippen molar-refractivity contribution in [3.8, 4) is 11.5 Å². The van der Waals surface area contributed by atoms with Crippen LogP contribution in [0.1, 0.15) is 23.6 Å². The van der Waals surface area contributed by atoms with Gasteiger partial charge in [-0.1, -0.05) is 17.7 Å². The number of nitro groups is 1. The molecule has 4 rings (SSSR count). The van der Waals surface area contributed by atoms with Gasteiger partial charge < -0.3 is 14.8 Å². The highest BCUT2D eigenvalue weighted by atomic mass is 79.9. The molecule has 0 atom stereocenters. The highest BCUT2D eigenvalue weighted by molar-refractivity contribution is 9.10. The molecule has 2 N–H and O–H groups in total. The smallest absolute Gasteiger partial charge is 0.335 e. The van der Waals surface area contributed by atoms with Crippen LogP contribution < -0.4 is 25.0 Å². The number of hydrogen-bond acceptors (Lipinski definition) is 8. The number of rotatable bonds is 9. The molecule has 1 aliphatic heterocycles. The average molecular weight is 637 g/mol. The van der Waals surface area contributed by atoms with E-state index in [1.807, 2.05) is 32.0 Å². The van der Waals surface area contributed by atoms with Crippen molar-refractivity contribution in [1.29, 1.82) is 0 Å². The monoisotopic (exact) mass is 636 g/mol. The van der Waals surface area contributed by atoms with E-state index >= 15 is 0 Å². The fraction of sp³-hybridized carbons (Fsp3) is 0.172. The Morgan fingerprint density at radius 2 is 1.79 bits per heavy atom. The summed E-state index contributed by atoms with van der Waals surface area (Å²) in [5, 5.41) is 15.9. The minimum atomic E-state index is -0.991. The molecular weight excluding hydrogens is 612 g/mol. The maximum atomic E-state index is 13.2. The fourth-order valence-corrected chi connectivity index (χ4v) is 4.71. The molecule has 1 fully saturated rings. The van der Waals surface area contributed by atoms with E-state index in [1.165, 1.54) is 24.3 Å². The Balaban J connectivity index is 1.57. The van der Waals surface area contributed by atoms with Gasteiger partial charge in [-0.2, -0.15) is 0 Å². The van der Waals surface area contributed by atoms with Gasteiger partial charge in [0, 0.05) is 17.8 Å². The minimum Gasteiger partial charge on any atom is -0.490 e. The number of urea groups is 1. The van der Waals surface area contributed by atoms with Crippen LogP contribution in [0, 0.1) is 24.0 Å². The van der Waals surface area contributed by atoms with Crippen LogP contribution >= 0.6 is 15.9 Å². The zero-order valence-electron chi connectivity index (χ0n) is 22.7. The second-order valence-electron chi connectivity index (χ2n) is 9.15. The third-order valence-electron chi connectivity index (χ3n) is 6.07. The summed E-state index contributed by atoms with van der Waals surface area (Å²) in [6.07, 6.45) is 1.27. The van der Waals surface area contributed by atoms with E-state index in [2.05, 4.69) is 26.6 Å². The number of hydrogen-bond donors (Lipinski definition) is 2. The predicted octanol–water partition coefficient (Wildman–Crippen LogP) is 5.06. The maximum absolute atomic E-state index is 13.2. The van der Waals surface area contributed by atoms with Crippen molar-refractivity contribution in [3.05, 3.63) is 91.4 Å². The first-order valence-corrected chi connectivity index (χ1v) is 13.4. The van der Waals surface area contributed by atoms with Crippen molar-refractivity contribution in [3.63, 3.8) is 0 Å². The van der Waals surface area contributed by atoms with E-state index in [9.17, 15) is 29.3 Å². The summed E-state index contributed by atoms with van der Waals surface area (Å²) in [4.78, 5) is 62.0. The number of nitrogens with zero attached hydrogens (tertiary/aromatic N) is 2. The van der Waals surface area contributed by atoms with Crippen LogP contribution in [0.5, 0.6) is 11.5 Å². The van der Waals surface area contributed by atoms with E-state index in [0.717, 1.165) is 23.3 Å². The number of aryl methyl sites for hydroxylation is 2. The van der Waals surface area contributed by atoms with Crippen LogP contribution in [0.3, 0.4) is 0 Å². The zero-order chi connectivity index (χ0) is 30.6. The number of ether oxygens (including phenoxy) is 2. The lowest BCUT2D eigenvalue weighted by atomic mass is 10.1. The van der Waals surface area contributed by atoms with Crippen molar-refractivity contribution < 1.29 is 33.6 Å². The Morgan fingerprint density at radius 1 is 1.07 bits per heavy atom. The van der Waals surface area contributed by atoms with Crippen LogP contribution in [-0.4, -0.2) is 41.9 Å². The van der Waals surface area contributed by atoms with E-state index in [0.29, 0.717) is 20.6 Å². The summed E-state index contributed by atoms with van der Waals surface area (Å²) in [5.74, 6) is -1.75. The van der Waals surface area contributed by atoms with Gasteiger partial charge >= 0.3 is 6.03 Å². The number of halogens is 1. The highest BCUT2D eigenvalue weighted by Gasteiger charge is 2.37. The Bertz CT molecular complexity index is 1640. The van der Waals surface area contributed by atoms with Crippen molar-refractivity contribution in [2.45, 2.75) is 20.8 Å². The quantitative estimate of drug-likeness (QED) is 0.143. The van der Waals surface area contributed by atoms with Gasteiger partial charge in [-0.15, -0.1) is 0 Å². The lowest BCUT2D eigenvalue weighted by Crippen LogP contribution is -2.54. The van der Waals surface area contributed by atoms with Gasteiger partial charge in [0.15, 0.2) is 18.1 Å². The summed E-state index contributed by atoms with van der Waals surface area (Å²) in [5.41, 5.74) is 2.45. The number of nitro benzene ring substituents is 1. The number of amides is 5. The number of benzene rings is 3. The summed E-state index contributed by atoms with van der Waals surface area (Å²) in [6, 6.07) is 12.5. The molecule has 0 aromatic heterocycles. The van der Waals surface area contributed by atoms with Crippen molar-refractivity contribution in [2.24, 2.45) is 0 Å². The first kappa shape index (κ1) is 29.9. The molecule has 0 saturated carbocycles. The van der Waals surface area contributed by atoms with Gasteiger partial charge in [-0.05, 0) is 84.2 Å². The SMILES string of the molecule is CCOc1cc(/C=C2/C(=O)NC(=O)N(c3ccc([N+](=O)[O-])cc3)C2=O)cc(Br)c1OCC(=O)Nc1ccc(C)cc1C. The molecule has 1 aliphatic rings. The van der Waals surface area contributed by atoms with E-state index < -0.39 is 22.8 Å². The van der Waals surface area contributed by atoms with Crippen LogP contribution in [0.2, 0.25) is 0 Å². The van der Waals surface area contributed by atoms with E-state index in [-0.39, 0.29) is 47.6 Å². The molecule has 0 aliphatic carbocycles. The van der Waals surface area contributed by atoms with Crippen LogP contribution in [0.15, 0.2) is 64.6 Å². The van der Waals surface area contributed by atoms with Gasteiger partial charge in [0.1, 0.15) is 5.57 Å². The normalized spacial score (nSPS) is 14.0. The first-order chi connectivity index (χ1) is 20.0. The number of carbonyl (C=O) groups is 4. The third kappa shape index (κ3) is 6.63. The number of nitrogens with one attached hydrogen (secondary N) is 2. The lowest BCUT2D eigenvalue weighted by Gasteiger charge is -2.26. The predicted molar refractivity (Wildman–Crippen MR) is 157 cm³/mol. The highest BCUT2D eigenvalue weighted by Crippen LogP contribution is 2.38. The first-order valence-electron chi connectivity index (χ1n) is 12.6. The number of imide groups is 2. The average Bonchev–Trinajstić information content (AvgIpc) is 2.92. The molecule has 3 aromatic rings. The molecular formula is C29H25BrN4O8. The third-order valence-corrected chi connectivity index (χ3v) is 6.66. The topological polar surface area (TPSA) is 157 Å². The molecule has 0 bridgehead atoms. The maximum Gasteiger partial charge on any atom is 0.335 e. The van der Waals surface area contributed by atoms with Crippen LogP contribution in [0.25, 0.3) is 6.08 Å². The number of barbiturate groups is 1. The van der Waals surface area contributed by atoms with Crippen LogP contribution in [0.4, 0.5) is 21.9 Å². The molecule has 3 aromatic carbocycles. The summed E-state index contributed by atoms with van der Waals surface area (Å²) in [6.45, 7) is 5.53. The molecule has 5 amide bonds. The number of carbonyl (C=O) groups excluding carboxylic acids is 4. The molecule has 42 heavy (non-hydrogen) atoms. The minimum absolute atomic E-state index is 0.0422. The molecule has 0 unspecified atom stereocenters. The van der Waals surface area contributed by atoms with Gasteiger partial charge in [0.05, 0.1) is 21.7 Å². The Kier molecular flexibility index (Phi) is 9.01.